The van der Waals surface area contributed by atoms with E-state index in [0.717, 1.165) is 27.1 Å². The van der Waals surface area contributed by atoms with Crippen molar-refractivity contribution in [2.45, 2.75) is 38.5 Å². The maximum Gasteiger partial charge on any atom is 0.260 e. The van der Waals surface area contributed by atoms with Gasteiger partial charge in [-0.2, -0.15) is 0 Å². The number of carbonyl (C=O) groups is 2. The number of ketones is 1. The zero-order valence-corrected chi connectivity index (χ0v) is 20.7. The molecule has 1 aliphatic heterocycles. The Hall–Kier alpha value is -3.23. The molecule has 1 amide bonds. The summed E-state index contributed by atoms with van der Waals surface area (Å²) in [6, 6.07) is 10.7. The highest BCUT2D eigenvalue weighted by Gasteiger charge is 2.26. The number of ether oxygens (including phenoxy) is 1. The molecule has 1 saturated heterocycles. The molecule has 4 aromatic carbocycles. The van der Waals surface area contributed by atoms with E-state index >= 15 is 0 Å². The van der Waals surface area contributed by atoms with Crippen LogP contribution in [-0.4, -0.2) is 49.3 Å². The molecule has 0 aromatic heterocycles. The van der Waals surface area contributed by atoms with E-state index in [1.54, 1.807) is 30.9 Å². The standard InChI is InChI=1S/C27H27NO6S/c1-15-12-23(34-14-25(30)28-10-8-18(9-11-28)17(3)29)21-6-7-22-24(35(31,32)33)13-16(2)20-5-4-19(15)26(21)27(20)22/h4-7,12-13,18H,8-11,14H2,1-3H3,(H,31,32,33)/p-1. The molecule has 0 N–H and O–H groups in total. The molecule has 0 spiro atoms. The minimum atomic E-state index is -4.67. The summed E-state index contributed by atoms with van der Waals surface area (Å²) in [4.78, 5) is 25.9. The molecule has 4 aromatic rings. The number of piperidine rings is 1. The van der Waals surface area contributed by atoms with Gasteiger partial charge in [-0.25, -0.2) is 8.42 Å². The highest BCUT2D eigenvalue weighted by atomic mass is 32.2. The fourth-order valence-corrected chi connectivity index (χ4v) is 6.12. The molecule has 8 heteroatoms. The van der Waals surface area contributed by atoms with E-state index in [2.05, 4.69) is 0 Å². The molecule has 35 heavy (non-hydrogen) atoms. The van der Waals surface area contributed by atoms with Crippen molar-refractivity contribution in [3.63, 3.8) is 0 Å². The Labute approximate surface area is 203 Å². The zero-order chi connectivity index (χ0) is 25.1. The Morgan fingerprint density at radius 3 is 2.09 bits per heavy atom. The highest BCUT2D eigenvalue weighted by Crippen LogP contribution is 2.43. The van der Waals surface area contributed by atoms with Crippen LogP contribution in [0.5, 0.6) is 5.75 Å². The minimum absolute atomic E-state index is 0.0199. The molecule has 5 rings (SSSR count). The molecular weight excluding hydrogens is 466 g/mol. The molecule has 1 fully saturated rings. The van der Waals surface area contributed by atoms with Crippen LogP contribution in [-0.2, 0) is 19.7 Å². The Bertz CT molecular complexity index is 1600. The van der Waals surface area contributed by atoms with Crippen LogP contribution in [0.3, 0.4) is 0 Å². The van der Waals surface area contributed by atoms with Crippen LogP contribution in [0.1, 0.15) is 30.9 Å². The summed E-state index contributed by atoms with van der Waals surface area (Å²) in [5, 5.41) is 4.47. The lowest BCUT2D eigenvalue weighted by Crippen LogP contribution is -2.42. The van der Waals surface area contributed by atoms with Gasteiger partial charge in [-0.15, -0.1) is 0 Å². The summed E-state index contributed by atoms with van der Waals surface area (Å²) in [7, 11) is -4.67. The van der Waals surface area contributed by atoms with Crippen LogP contribution in [0.2, 0.25) is 0 Å². The van der Waals surface area contributed by atoms with Gasteiger partial charge in [0, 0.05) is 35.2 Å². The quantitative estimate of drug-likeness (QED) is 0.304. The van der Waals surface area contributed by atoms with E-state index in [0.29, 0.717) is 48.0 Å². The first-order valence-corrected chi connectivity index (χ1v) is 13.1. The third kappa shape index (κ3) is 4.00. The van der Waals surface area contributed by atoms with Gasteiger partial charge in [-0.05, 0) is 79.1 Å². The number of benzene rings is 4. The lowest BCUT2D eigenvalue weighted by Gasteiger charge is -2.30. The van der Waals surface area contributed by atoms with Gasteiger partial charge >= 0.3 is 0 Å². The normalized spacial score (nSPS) is 15.4. The summed E-state index contributed by atoms with van der Waals surface area (Å²) in [6.07, 6.45) is 1.34. The lowest BCUT2D eigenvalue weighted by atomic mass is 9.90. The number of aryl methyl sites for hydroxylation is 2. The van der Waals surface area contributed by atoms with Gasteiger partial charge in [0.1, 0.15) is 21.7 Å². The summed E-state index contributed by atoms with van der Waals surface area (Å²) in [6.45, 7) is 6.27. The molecule has 1 aliphatic rings. The van der Waals surface area contributed by atoms with E-state index in [1.165, 1.54) is 6.07 Å². The van der Waals surface area contributed by atoms with Gasteiger partial charge in [0.25, 0.3) is 5.91 Å². The maximum absolute atomic E-state index is 12.8. The number of rotatable bonds is 5. The van der Waals surface area contributed by atoms with Crippen molar-refractivity contribution < 1.29 is 27.3 Å². The van der Waals surface area contributed by atoms with Crippen molar-refractivity contribution in [3.8, 4) is 5.75 Å². The fourth-order valence-electron chi connectivity index (χ4n) is 5.36. The van der Waals surface area contributed by atoms with Crippen molar-refractivity contribution in [1.29, 1.82) is 0 Å². The Balaban J connectivity index is 1.55. The molecule has 0 radical (unpaired) electrons. The second-order valence-corrected chi connectivity index (χ2v) is 10.8. The largest absolute Gasteiger partial charge is 0.744 e. The van der Waals surface area contributed by atoms with Crippen molar-refractivity contribution >= 4 is 54.1 Å². The summed E-state index contributed by atoms with van der Waals surface area (Å²) >= 11 is 0. The average molecular weight is 493 g/mol. The number of nitrogens with zero attached hydrogens (tertiary/aromatic N) is 1. The fraction of sp³-hybridized carbons (Fsp3) is 0.333. The van der Waals surface area contributed by atoms with Crippen molar-refractivity contribution in [3.05, 3.63) is 47.5 Å². The van der Waals surface area contributed by atoms with Crippen LogP contribution in [0.4, 0.5) is 0 Å². The number of Topliss-reactive ketones (excluding diaryl/α,β-unsaturated/α-hetero) is 1. The summed E-state index contributed by atoms with van der Waals surface area (Å²) in [5.41, 5.74) is 1.62. The smallest absolute Gasteiger partial charge is 0.260 e. The van der Waals surface area contributed by atoms with Gasteiger partial charge < -0.3 is 14.2 Å². The Kier molecular flexibility index (Phi) is 5.68. The van der Waals surface area contributed by atoms with E-state index in [1.807, 2.05) is 25.1 Å². The van der Waals surface area contributed by atoms with Crippen molar-refractivity contribution in [2.24, 2.45) is 5.92 Å². The first kappa shape index (κ1) is 23.5. The SMILES string of the molecule is CC(=O)C1CCN(C(=O)COc2cc(C)c3ccc4c(C)cc(S(=O)(=O)[O-])c5ccc2c3c45)CC1. The second kappa shape index (κ2) is 8.46. The van der Waals surface area contributed by atoms with E-state index in [-0.39, 0.29) is 29.1 Å². The van der Waals surface area contributed by atoms with Crippen LogP contribution >= 0.6 is 0 Å². The second-order valence-electron chi connectivity index (χ2n) is 9.46. The number of carbonyl (C=O) groups excluding carboxylic acids is 2. The van der Waals surface area contributed by atoms with E-state index in [4.69, 9.17) is 4.74 Å². The molecule has 0 saturated carbocycles. The van der Waals surface area contributed by atoms with Crippen molar-refractivity contribution in [2.75, 3.05) is 19.7 Å². The molecular formula is C27H26NO6S-. The third-order valence-electron chi connectivity index (χ3n) is 7.28. The molecule has 0 aliphatic carbocycles. The lowest BCUT2D eigenvalue weighted by molar-refractivity contribution is -0.136. The summed E-state index contributed by atoms with van der Waals surface area (Å²) in [5.74, 6) is 0.586. The molecule has 182 valence electrons. The molecule has 7 nitrogen and oxygen atoms in total. The van der Waals surface area contributed by atoms with Gasteiger partial charge in [-0.3, -0.25) is 9.59 Å². The topological polar surface area (TPSA) is 104 Å². The first-order valence-electron chi connectivity index (χ1n) is 11.6. The van der Waals surface area contributed by atoms with Crippen molar-refractivity contribution in [1.82, 2.24) is 4.90 Å². The van der Waals surface area contributed by atoms with Crippen LogP contribution in [0, 0.1) is 19.8 Å². The van der Waals surface area contributed by atoms with Gasteiger partial charge in [0.15, 0.2) is 6.61 Å². The first-order chi connectivity index (χ1) is 16.6. The number of amides is 1. The number of hydrogen-bond acceptors (Lipinski definition) is 6. The Morgan fingerprint density at radius 1 is 0.943 bits per heavy atom. The van der Waals surface area contributed by atoms with E-state index < -0.39 is 10.1 Å². The predicted octanol–water partition coefficient (Wildman–Crippen LogP) is 4.31. The maximum atomic E-state index is 12.8. The van der Waals surface area contributed by atoms with E-state index in [9.17, 15) is 22.6 Å². The van der Waals surface area contributed by atoms with Gasteiger partial charge in [0.05, 0.1) is 4.90 Å². The van der Waals surface area contributed by atoms with Crippen LogP contribution in [0.15, 0.2) is 41.3 Å². The minimum Gasteiger partial charge on any atom is -0.744 e. The number of hydrogen-bond donors (Lipinski definition) is 0. The number of likely N-dealkylation sites (tertiary alicyclic amines) is 1. The van der Waals surface area contributed by atoms with Crippen LogP contribution < -0.4 is 4.74 Å². The summed E-state index contributed by atoms with van der Waals surface area (Å²) < 4.78 is 42.1. The van der Waals surface area contributed by atoms with Crippen LogP contribution in [0.25, 0.3) is 32.3 Å². The molecule has 0 unspecified atom stereocenters. The molecule has 0 atom stereocenters. The predicted molar refractivity (Wildman–Crippen MR) is 133 cm³/mol. The average Bonchev–Trinajstić information content (AvgIpc) is 2.82. The molecule has 1 heterocycles. The molecule has 0 bridgehead atoms. The zero-order valence-electron chi connectivity index (χ0n) is 19.9. The van der Waals surface area contributed by atoms with Gasteiger partial charge in [0.2, 0.25) is 0 Å². The third-order valence-corrected chi connectivity index (χ3v) is 8.16. The highest BCUT2D eigenvalue weighted by molar-refractivity contribution is 7.86. The Morgan fingerprint density at radius 2 is 1.49 bits per heavy atom. The van der Waals surface area contributed by atoms with Gasteiger partial charge in [-0.1, -0.05) is 18.2 Å². The monoisotopic (exact) mass is 492 g/mol.